The summed E-state index contributed by atoms with van der Waals surface area (Å²) in [5.41, 5.74) is 5.38. The number of phosphoric ester groups is 1. The van der Waals surface area contributed by atoms with Crippen LogP contribution in [0.1, 0.15) is 155 Å². The first-order valence-electron chi connectivity index (χ1n) is 23.7. The van der Waals surface area contributed by atoms with Crippen LogP contribution < -0.4 is 5.73 Å². The third-order valence-electron chi connectivity index (χ3n) is 9.06. The van der Waals surface area contributed by atoms with Gasteiger partial charge in [-0.25, -0.2) is 4.57 Å². The number of unbranched alkanes of at least 4 members (excludes halogenated alkanes) is 8. The van der Waals surface area contributed by atoms with Crippen molar-refractivity contribution in [3.63, 3.8) is 0 Å². The Hall–Kier alpha value is -3.36. The summed E-state index contributed by atoms with van der Waals surface area (Å²) in [7, 11) is -4.31. The van der Waals surface area contributed by atoms with E-state index < -0.39 is 13.9 Å². The summed E-state index contributed by atoms with van der Waals surface area (Å²) < 4.78 is 33.4. The smallest absolute Gasteiger partial charge is 0.457 e. The molecule has 2 unspecified atom stereocenters. The van der Waals surface area contributed by atoms with Crippen molar-refractivity contribution in [2.75, 3.05) is 33.0 Å². The highest BCUT2D eigenvalue weighted by Crippen LogP contribution is 2.43. The molecule has 0 aromatic carbocycles. The molecule has 350 valence electrons. The summed E-state index contributed by atoms with van der Waals surface area (Å²) in [6, 6.07) is 0. The molecule has 3 N–H and O–H groups in total. The molecule has 8 nitrogen and oxygen atoms in total. The highest BCUT2D eigenvalue weighted by molar-refractivity contribution is 7.47. The summed E-state index contributed by atoms with van der Waals surface area (Å²) in [6.45, 7) is 4.52. The molecule has 0 saturated carbocycles. The van der Waals surface area contributed by atoms with E-state index in [1.165, 1.54) is 12.8 Å². The van der Waals surface area contributed by atoms with E-state index in [1.54, 1.807) is 0 Å². The lowest BCUT2D eigenvalue weighted by molar-refractivity contribution is -0.154. The summed E-state index contributed by atoms with van der Waals surface area (Å²) in [6.07, 6.45) is 69.1. The molecule has 0 aromatic heterocycles. The van der Waals surface area contributed by atoms with E-state index in [2.05, 4.69) is 148 Å². The number of phosphoric acid groups is 1. The third-order valence-corrected chi connectivity index (χ3v) is 10.0. The van der Waals surface area contributed by atoms with Gasteiger partial charge in [-0.2, -0.15) is 0 Å². The average Bonchev–Trinajstić information content (AvgIpc) is 3.26. The average molecular weight is 880 g/mol. The van der Waals surface area contributed by atoms with Crippen LogP contribution in [0.5, 0.6) is 0 Å². The highest BCUT2D eigenvalue weighted by atomic mass is 31.2. The molecular formula is C53H86NO7P. The monoisotopic (exact) mass is 880 g/mol. The van der Waals surface area contributed by atoms with E-state index in [9.17, 15) is 14.3 Å². The van der Waals surface area contributed by atoms with Gasteiger partial charge in [0.25, 0.3) is 0 Å². The van der Waals surface area contributed by atoms with Gasteiger partial charge >= 0.3 is 13.8 Å². The standard InChI is InChI=1S/C53H86NO7P/c1-3-5-7-9-11-13-15-17-19-21-23-24-25-26-27-29-31-33-35-37-39-41-43-45-48-58-50-52(51-60-62(56,57)59-49-47-54)61-53(55)46-44-42-40-38-36-34-32-30-28-22-20-18-16-14-12-10-8-6-4-2/h5-8,11-14,17-20,23-24,26-28,30-31,33,37,39,52H,3-4,9-10,15-16,21-22,25,29,32,34-36,38,40-51,54H2,1-2H3,(H,56,57)/b7-5-,8-6-,13-11-,14-12-,19-17-,20-18-,24-23-,27-26-,30-28-,33-31-,39-37-. The predicted octanol–water partition coefficient (Wildman–Crippen LogP) is 14.7. The van der Waals surface area contributed by atoms with Crippen LogP contribution in [-0.2, 0) is 27.9 Å². The Balaban J connectivity index is 4.16. The zero-order valence-corrected chi connectivity index (χ0v) is 39.7. The second-order valence-electron chi connectivity index (χ2n) is 14.9. The lowest BCUT2D eigenvalue weighted by atomic mass is 10.1. The Morgan fingerprint density at radius 3 is 1.27 bits per heavy atom. The molecule has 0 aliphatic rings. The molecule has 9 heteroatoms. The normalized spacial score (nSPS) is 14.6. The number of hydrogen-bond donors (Lipinski definition) is 2. The molecule has 2 atom stereocenters. The minimum absolute atomic E-state index is 0.0699. The van der Waals surface area contributed by atoms with Gasteiger partial charge in [-0.3, -0.25) is 13.8 Å². The number of esters is 1. The maximum Gasteiger partial charge on any atom is 0.472 e. The lowest BCUT2D eigenvalue weighted by Crippen LogP contribution is -2.28. The molecule has 0 fully saturated rings. The second-order valence-corrected chi connectivity index (χ2v) is 16.3. The molecule has 0 heterocycles. The number of allylic oxidation sites excluding steroid dienone is 22. The number of carbonyl (C=O) groups is 1. The zero-order chi connectivity index (χ0) is 45.1. The van der Waals surface area contributed by atoms with Crippen LogP contribution in [0.3, 0.4) is 0 Å². The van der Waals surface area contributed by atoms with E-state index in [0.717, 1.165) is 122 Å². The Morgan fingerprint density at radius 2 is 0.855 bits per heavy atom. The topological polar surface area (TPSA) is 117 Å². The van der Waals surface area contributed by atoms with Crippen LogP contribution in [0.25, 0.3) is 0 Å². The van der Waals surface area contributed by atoms with Crippen molar-refractivity contribution < 1.29 is 32.8 Å². The third kappa shape index (κ3) is 47.7. The number of nitrogens with two attached hydrogens (primary N) is 1. The number of ether oxygens (including phenoxy) is 2. The SMILES string of the molecule is CC/C=C\C/C=C\C/C=C\C/C=C\C/C=C\C/C=C\C/C=C\CCCCOCC(COP(=O)(O)OCCN)OC(=O)CCCCCCCC/C=C\C/C=C\C/C=C\C/C=C\CC. The maximum absolute atomic E-state index is 12.6. The van der Waals surface area contributed by atoms with E-state index in [1.807, 2.05) is 0 Å². The first kappa shape index (κ1) is 58.6. The molecule has 0 aliphatic carbocycles. The second kappa shape index (κ2) is 48.7. The van der Waals surface area contributed by atoms with Crippen LogP contribution in [0, 0.1) is 0 Å². The van der Waals surface area contributed by atoms with Gasteiger partial charge in [0.2, 0.25) is 0 Å². The molecule has 0 radical (unpaired) electrons. The Bertz CT molecular complexity index is 1400. The van der Waals surface area contributed by atoms with Crippen molar-refractivity contribution in [3.05, 3.63) is 134 Å². The number of hydrogen-bond acceptors (Lipinski definition) is 7. The van der Waals surface area contributed by atoms with Gasteiger partial charge in [0.05, 0.1) is 19.8 Å². The van der Waals surface area contributed by atoms with Gasteiger partial charge in [0.15, 0.2) is 0 Å². The van der Waals surface area contributed by atoms with Crippen molar-refractivity contribution in [1.29, 1.82) is 0 Å². The fourth-order valence-electron chi connectivity index (χ4n) is 5.67. The molecule has 0 aromatic rings. The van der Waals surface area contributed by atoms with Gasteiger partial charge < -0.3 is 20.1 Å². The Labute approximate surface area is 378 Å². The summed E-state index contributed by atoms with van der Waals surface area (Å²) in [4.78, 5) is 22.5. The van der Waals surface area contributed by atoms with E-state index in [-0.39, 0.29) is 38.8 Å². The van der Waals surface area contributed by atoms with Crippen LogP contribution >= 0.6 is 7.82 Å². The van der Waals surface area contributed by atoms with Gasteiger partial charge in [0.1, 0.15) is 6.10 Å². The maximum atomic E-state index is 12.6. The summed E-state index contributed by atoms with van der Waals surface area (Å²) in [5, 5.41) is 0. The molecular weight excluding hydrogens is 794 g/mol. The van der Waals surface area contributed by atoms with Crippen molar-refractivity contribution in [2.45, 2.75) is 161 Å². The van der Waals surface area contributed by atoms with Gasteiger partial charge in [-0.05, 0) is 109 Å². The van der Waals surface area contributed by atoms with Crippen LogP contribution in [-0.4, -0.2) is 49.9 Å². The summed E-state index contributed by atoms with van der Waals surface area (Å²) in [5.74, 6) is -0.366. The van der Waals surface area contributed by atoms with Crippen LogP contribution in [0.15, 0.2) is 134 Å². The largest absolute Gasteiger partial charge is 0.472 e. The van der Waals surface area contributed by atoms with Crippen molar-refractivity contribution >= 4 is 13.8 Å². The van der Waals surface area contributed by atoms with Crippen molar-refractivity contribution in [1.82, 2.24) is 0 Å². The van der Waals surface area contributed by atoms with E-state index in [4.69, 9.17) is 24.3 Å². The fraction of sp³-hybridized carbons (Fsp3) is 0.566. The minimum atomic E-state index is -4.31. The fourth-order valence-corrected chi connectivity index (χ4v) is 6.44. The van der Waals surface area contributed by atoms with Gasteiger partial charge in [0, 0.05) is 19.6 Å². The molecule has 0 amide bonds. The van der Waals surface area contributed by atoms with Crippen molar-refractivity contribution in [3.8, 4) is 0 Å². The molecule has 0 bridgehead atoms. The molecule has 0 spiro atoms. The van der Waals surface area contributed by atoms with E-state index >= 15 is 0 Å². The summed E-state index contributed by atoms with van der Waals surface area (Å²) >= 11 is 0. The number of carbonyl (C=O) groups excluding carboxylic acids is 1. The molecule has 62 heavy (non-hydrogen) atoms. The highest BCUT2D eigenvalue weighted by Gasteiger charge is 2.25. The minimum Gasteiger partial charge on any atom is -0.457 e. The molecule has 0 rings (SSSR count). The molecule has 0 saturated heterocycles. The lowest BCUT2D eigenvalue weighted by Gasteiger charge is -2.20. The zero-order valence-electron chi connectivity index (χ0n) is 38.8. The molecule has 0 aliphatic heterocycles. The predicted molar refractivity (Wildman–Crippen MR) is 265 cm³/mol. The number of rotatable bonds is 43. The van der Waals surface area contributed by atoms with E-state index in [0.29, 0.717) is 6.61 Å². The first-order valence-corrected chi connectivity index (χ1v) is 25.2. The van der Waals surface area contributed by atoms with Gasteiger partial charge in [-0.15, -0.1) is 0 Å². The van der Waals surface area contributed by atoms with Crippen molar-refractivity contribution in [2.24, 2.45) is 5.73 Å². The van der Waals surface area contributed by atoms with Crippen LogP contribution in [0.4, 0.5) is 0 Å². The Morgan fingerprint density at radius 1 is 0.484 bits per heavy atom. The quantitative estimate of drug-likeness (QED) is 0.0269. The first-order chi connectivity index (χ1) is 30.4. The van der Waals surface area contributed by atoms with Gasteiger partial charge in [-0.1, -0.05) is 173 Å². The van der Waals surface area contributed by atoms with Crippen LogP contribution in [0.2, 0.25) is 0 Å². The Kier molecular flexibility index (Phi) is 46.0.